The standard InChI is InChI=1S/C13H22N4O3S2/c1-4-19-13(18)16-7-5-10(6-8-16)9(2)20-12-15-17(21-3)11(14)22-12/h9-10,14H,4-8H2,1-3H3. The lowest BCUT2D eigenvalue weighted by Gasteiger charge is -2.33. The number of hydrogen-bond acceptors (Lipinski definition) is 7. The molecule has 1 fully saturated rings. The summed E-state index contributed by atoms with van der Waals surface area (Å²) in [5, 5.41) is 12.5. The van der Waals surface area contributed by atoms with E-state index in [0.717, 1.165) is 12.8 Å². The van der Waals surface area contributed by atoms with E-state index < -0.39 is 0 Å². The summed E-state index contributed by atoms with van der Waals surface area (Å²) in [6, 6.07) is 0. The average molecular weight is 346 g/mol. The first kappa shape index (κ1) is 17.1. The van der Waals surface area contributed by atoms with Crippen LogP contribution in [0.3, 0.4) is 0 Å². The maximum absolute atomic E-state index is 11.7. The van der Waals surface area contributed by atoms with E-state index in [4.69, 9.17) is 14.9 Å². The SMILES string of the molecule is CCOC(=O)N1CCC(C(C)Oc2nn(SC)c(=N)s2)CC1. The van der Waals surface area contributed by atoms with Crippen molar-refractivity contribution in [1.29, 1.82) is 5.41 Å². The van der Waals surface area contributed by atoms with Crippen molar-refractivity contribution in [2.45, 2.75) is 32.8 Å². The number of ether oxygens (including phenoxy) is 2. The first-order valence-corrected chi connectivity index (χ1v) is 9.32. The van der Waals surface area contributed by atoms with Gasteiger partial charge in [0.25, 0.3) is 5.19 Å². The fraction of sp³-hybridized carbons (Fsp3) is 0.769. The number of amides is 1. The smallest absolute Gasteiger partial charge is 0.409 e. The third-order valence-electron chi connectivity index (χ3n) is 3.72. The van der Waals surface area contributed by atoms with Gasteiger partial charge in [0.2, 0.25) is 4.80 Å². The Morgan fingerprint density at radius 2 is 2.23 bits per heavy atom. The lowest BCUT2D eigenvalue weighted by Crippen LogP contribution is -2.42. The molecule has 1 amide bonds. The predicted octanol–water partition coefficient (Wildman–Crippen LogP) is 2.19. The molecule has 2 heterocycles. The largest absolute Gasteiger partial charge is 0.466 e. The first-order valence-electron chi connectivity index (χ1n) is 7.32. The summed E-state index contributed by atoms with van der Waals surface area (Å²) in [5.74, 6) is 0.381. The monoisotopic (exact) mass is 346 g/mol. The first-order chi connectivity index (χ1) is 10.5. The molecule has 1 atom stereocenters. The van der Waals surface area contributed by atoms with Crippen LogP contribution in [0.2, 0.25) is 0 Å². The average Bonchev–Trinajstić information content (AvgIpc) is 2.87. The molecule has 1 N–H and O–H groups in total. The zero-order valence-corrected chi connectivity index (χ0v) is 14.7. The third-order valence-corrected chi connectivity index (χ3v) is 5.16. The maximum atomic E-state index is 11.7. The Morgan fingerprint density at radius 1 is 1.55 bits per heavy atom. The molecular weight excluding hydrogens is 324 g/mol. The van der Waals surface area contributed by atoms with Crippen LogP contribution in [0.1, 0.15) is 26.7 Å². The normalized spacial score (nSPS) is 17.3. The fourth-order valence-electron chi connectivity index (χ4n) is 2.45. The van der Waals surface area contributed by atoms with Gasteiger partial charge in [-0.25, -0.2) is 4.79 Å². The van der Waals surface area contributed by atoms with E-state index in [0.29, 0.717) is 35.6 Å². The molecule has 0 spiro atoms. The molecule has 0 bridgehead atoms. The highest BCUT2D eigenvalue weighted by Gasteiger charge is 2.28. The van der Waals surface area contributed by atoms with Crippen molar-refractivity contribution in [1.82, 2.24) is 14.1 Å². The molecule has 1 saturated heterocycles. The highest BCUT2D eigenvalue weighted by atomic mass is 32.2. The summed E-state index contributed by atoms with van der Waals surface area (Å²) in [5.41, 5.74) is 0. The van der Waals surface area contributed by atoms with Crippen molar-refractivity contribution in [3.05, 3.63) is 4.80 Å². The van der Waals surface area contributed by atoms with Crippen LogP contribution in [0.4, 0.5) is 4.79 Å². The fourth-order valence-corrected chi connectivity index (χ4v) is 3.77. The molecule has 0 radical (unpaired) electrons. The number of nitrogens with one attached hydrogen (secondary N) is 1. The Bertz CT molecular complexity index is 552. The summed E-state index contributed by atoms with van der Waals surface area (Å²) in [7, 11) is 0. The second-order valence-electron chi connectivity index (χ2n) is 5.08. The Balaban J connectivity index is 1.85. The second-order valence-corrected chi connectivity index (χ2v) is 6.73. The van der Waals surface area contributed by atoms with Gasteiger partial charge in [0.1, 0.15) is 6.10 Å². The summed E-state index contributed by atoms with van der Waals surface area (Å²) in [6.07, 6.45) is 3.44. The van der Waals surface area contributed by atoms with Crippen LogP contribution in [-0.2, 0) is 4.74 Å². The van der Waals surface area contributed by atoms with Crippen LogP contribution >= 0.6 is 23.3 Å². The number of hydrogen-bond donors (Lipinski definition) is 1. The van der Waals surface area contributed by atoms with Crippen molar-refractivity contribution in [3.63, 3.8) is 0 Å². The highest BCUT2D eigenvalue weighted by molar-refractivity contribution is 7.97. The number of likely N-dealkylation sites (tertiary alicyclic amines) is 1. The van der Waals surface area contributed by atoms with Gasteiger partial charge in [-0.05, 0) is 55.9 Å². The molecule has 1 unspecified atom stereocenters. The van der Waals surface area contributed by atoms with E-state index in [9.17, 15) is 4.79 Å². The van der Waals surface area contributed by atoms with Gasteiger partial charge in [-0.1, -0.05) is 0 Å². The summed E-state index contributed by atoms with van der Waals surface area (Å²) in [6.45, 7) is 5.65. The van der Waals surface area contributed by atoms with Gasteiger partial charge in [0.05, 0.1) is 6.61 Å². The third kappa shape index (κ3) is 4.16. The molecule has 2 rings (SSSR count). The molecule has 7 nitrogen and oxygen atoms in total. The Labute approximate surface area is 138 Å². The minimum absolute atomic E-state index is 0.0187. The van der Waals surface area contributed by atoms with Crippen LogP contribution in [0.5, 0.6) is 5.19 Å². The Morgan fingerprint density at radius 3 is 2.77 bits per heavy atom. The number of carbonyl (C=O) groups excluding carboxylic acids is 1. The zero-order valence-electron chi connectivity index (χ0n) is 13.1. The van der Waals surface area contributed by atoms with Crippen LogP contribution in [0.15, 0.2) is 0 Å². The number of piperidine rings is 1. The highest BCUT2D eigenvalue weighted by Crippen LogP contribution is 2.25. The van der Waals surface area contributed by atoms with E-state index in [-0.39, 0.29) is 12.2 Å². The van der Waals surface area contributed by atoms with E-state index in [1.807, 2.05) is 20.1 Å². The van der Waals surface area contributed by atoms with E-state index >= 15 is 0 Å². The van der Waals surface area contributed by atoms with E-state index in [2.05, 4.69) is 5.10 Å². The van der Waals surface area contributed by atoms with Crippen LogP contribution in [0, 0.1) is 11.3 Å². The molecule has 1 aromatic heterocycles. The second kappa shape index (κ2) is 7.87. The van der Waals surface area contributed by atoms with Gasteiger partial charge < -0.3 is 14.4 Å². The van der Waals surface area contributed by atoms with Gasteiger partial charge in [0, 0.05) is 19.3 Å². The molecule has 22 heavy (non-hydrogen) atoms. The van der Waals surface area contributed by atoms with Crippen molar-refractivity contribution < 1.29 is 14.3 Å². The maximum Gasteiger partial charge on any atom is 0.409 e. The van der Waals surface area contributed by atoms with Gasteiger partial charge in [-0.2, -0.15) is 4.09 Å². The van der Waals surface area contributed by atoms with E-state index in [1.54, 1.807) is 4.90 Å². The van der Waals surface area contributed by atoms with E-state index in [1.165, 1.54) is 27.4 Å². The molecule has 0 saturated carbocycles. The van der Waals surface area contributed by atoms with Crippen LogP contribution in [-0.4, -0.2) is 52.2 Å². The molecule has 0 aromatic carbocycles. The molecular formula is C13H22N4O3S2. The van der Waals surface area contributed by atoms with Gasteiger partial charge in [0.15, 0.2) is 0 Å². The quantitative estimate of drug-likeness (QED) is 0.884. The van der Waals surface area contributed by atoms with Crippen LogP contribution < -0.4 is 9.54 Å². The number of nitrogens with zero attached hydrogens (tertiary/aromatic N) is 3. The van der Waals surface area contributed by atoms with Gasteiger partial charge >= 0.3 is 6.09 Å². The Kier molecular flexibility index (Phi) is 6.13. The topological polar surface area (TPSA) is 80.4 Å². The van der Waals surface area contributed by atoms with Crippen molar-refractivity contribution in [2.24, 2.45) is 5.92 Å². The number of aromatic nitrogens is 2. The van der Waals surface area contributed by atoms with Crippen molar-refractivity contribution >= 4 is 29.4 Å². The molecule has 9 heteroatoms. The summed E-state index contributed by atoms with van der Waals surface area (Å²) in [4.78, 5) is 13.8. The summed E-state index contributed by atoms with van der Waals surface area (Å²) >= 11 is 2.61. The van der Waals surface area contributed by atoms with Crippen LogP contribution in [0.25, 0.3) is 0 Å². The minimum atomic E-state index is -0.227. The lowest BCUT2D eigenvalue weighted by molar-refractivity contribution is 0.0657. The lowest BCUT2D eigenvalue weighted by atomic mass is 9.92. The van der Waals surface area contributed by atoms with Gasteiger partial charge in [-0.15, -0.1) is 5.10 Å². The number of rotatable bonds is 5. The number of carbonyl (C=O) groups is 1. The molecule has 1 aliphatic heterocycles. The molecule has 1 aliphatic rings. The van der Waals surface area contributed by atoms with Gasteiger partial charge in [-0.3, -0.25) is 5.41 Å². The molecule has 124 valence electrons. The van der Waals surface area contributed by atoms with Crippen molar-refractivity contribution in [3.8, 4) is 5.19 Å². The molecule has 0 aliphatic carbocycles. The predicted molar refractivity (Wildman–Crippen MR) is 86.3 cm³/mol. The molecule has 1 aromatic rings. The minimum Gasteiger partial charge on any atom is -0.466 e. The zero-order chi connectivity index (χ0) is 16.1. The Hall–Kier alpha value is -1.22. The van der Waals surface area contributed by atoms with Crippen molar-refractivity contribution in [2.75, 3.05) is 26.0 Å². The summed E-state index contributed by atoms with van der Waals surface area (Å²) < 4.78 is 12.4.